The maximum absolute atomic E-state index is 12.2. The van der Waals surface area contributed by atoms with Gasteiger partial charge in [0.15, 0.2) is 0 Å². The molecule has 1 aromatic rings. The van der Waals surface area contributed by atoms with E-state index in [1.807, 2.05) is 30.3 Å². The van der Waals surface area contributed by atoms with Gasteiger partial charge < -0.3 is 15.0 Å². The number of ether oxygens (including phenoxy) is 1. The van der Waals surface area contributed by atoms with Crippen LogP contribution in [0.2, 0.25) is 0 Å². The van der Waals surface area contributed by atoms with Crippen LogP contribution in [0.25, 0.3) is 0 Å². The number of alkyl carbamates (subject to hydrolysis) is 1. The van der Waals surface area contributed by atoms with Crippen LogP contribution < -0.4 is 5.32 Å². The van der Waals surface area contributed by atoms with Crippen LogP contribution in [0.5, 0.6) is 0 Å². The molecule has 0 aliphatic heterocycles. The number of hydrogen-bond donors (Lipinski definition) is 1. The van der Waals surface area contributed by atoms with Gasteiger partial charge in [-0.2, -0.15) is 0 Å². The van der Waals surface area contributed by atoms with E-state index in [2.05, 4.69) is 5.32 Å². The van der Waals surface area contributed by atoms with Gasteiger partial charge in [0, 0.05) is 14.1 Å². The van der Waals surface area contributed by atoms with E-state index in [9.17, 15) is 9.59 Å². The average Bonchev–Trinajstić information content (AvgIpc) is 2.41. The first-order valence-corrected chi connectivity index (χ1v) is 7.43. The van der Waals surface area contributed by atoms with Gasteiger partial charge >= 0.3 is 6.09 Å². The summed E-state index contributed by atoms with van der Waals surface area (Å²) in [6.07, 6.45) is 0.669. The fraction of sp³-hybridized carbons (Fsp3) is 0.529. The predicted octanol–water partition coefficient (Wildman–Crippen LogP) is 2.60. The lowest BCUT2D eigenvalue weighted by Crippen LogP contribution is -2.48. The maximum atomic E-state index is 12.2. The molecular formula is C17H26N2O3. The molecule has 22 heavy (non-hydrogen) atoms. The SMILES string of the molecule is CN(C)C(=O)C(CCc1ccccc1)NC(=O)OC(C)(C)C. The number of benzene rings is 1. The summed E-state index contributed by atoms with van der Waals surface area (Å²) in [5.74, 6) is -0.137. The van der Waals surface area contributed by atoms with Crippen molar-refractivity contribution in [1.29, 1.82) is 0 Å². The minimum absolute atomic E-state index is 0.137. The quantitative estimate of drug-likeness (QED) is 0.909. The molecule has 0 aliphatic carbocycles. The van der Waals surface area contributed by atoms with Gasteiger partial charge in [-0.1, -0.05) is 30.3 Å². The fourth-order valence-electron chi connectivity index (χ4n) is 1.97. The summed E-state index contributed by atoms with van der Waals surface area (Å²) in [6, 6.07) is 9.28. The number of amides is 2. The van der Waals surface area contributed by atoms with Crippen molar-refractivity contribution in [3.05, 3.63) is 35.9 Å². The molecule has 5 heteroatoms. The number of likely N-dealkylation sites (N-methyl/N-ethyl adjacent to an activating group) is 1. The molecule has 1 aromatic carbocycles. The summed E-state index contributed by atoms with van der Waals surface area (Å²) in [4.78, 5) is 25.6. The molecule has 1 N–H and O–H groups in total. The van der Waals surface area contributed by atoms with E-state index < -0.39 is 17.7 Å². The Kier molecular flexibility index (Phi) is 6.40. The smallest absolute Gasteiger partial charge is 0.408 e. The predicted molar refractivity (Wildman–Crippen MR) is 86.6 cm³/mol. The van der Waals surface area contributed by atoms with E-state index in [0.717, 1.165) is 5.56 Å². The number of carbonyl (C=O) groups excluding carboxylic acids is 2. The van der Waals surface area contributed by atoms with Gasteiger partial charge in [-0.05, 0) is 39.2 Å². The van der Waals surface area contributed by atoms with Gasteiger partial charge in [-0.3, -0.25) is 4.79 Å². The van der Waals surface area contributed by atoms with Crippen LogP contribution in [0.4, 0.5) is 4.79 Å². The molecule has 1 unspecified atom stereocenters. The van der Waals surface area contributed by atoms with Crippen molar-refractivity contribution in [1.82, 2.24) is 10.2 Å². The Bertz CT molecular complexity index is 492. The van der Waals surface area contributed by atoms with Crippen LogP contribution >= 0.6 is 0 Å². The molecule has 2 amide bonds. The van der Waals surface area contributed by atoms with E-state index >= 15 is 0 Å². The Balaban J connectivity index is 2.68. The van der Waals surface area contributed by atoms with Crippen molar-refractivity contribution >= 4 is 12.0 Å². The molecule has 1 atom stereocenters. The zero-order valence-electron chi connectivity index (χ0n) is 14.1. The highest BCUT2D eigenvalue weighted by molar-refractivity contribution is 5.85. The zero-order chi connectivity index (χ0) is 16.8. The minimum Gasteiger partial charge on any atom is -0.444 e. The van der Waals surface area contributed by atoms with Crippen LogP contribution in [0.3, 0.4) is 0 Å². The normalized spacial score (nSPS) is 12.4. The summed E-state index contributed by atoms with van der Waals surface area (Å²) in [5.41, 5.74) is 0.542. The van der Waals surface area contributed by atoms with Crippen molar-refractivity contribution in [2.45, 2.75) is 45.3 Å². The fourth-order valence-corrected chi connectivity index (χ4v) is 1.97. The number of rotatable bonds is 5. The summed E-state index contributed by atoms with van der Waals surface area (Å²) in [7, 11) is 3.35. The lowest BCUT2D eigenvalue weighted by Gasteiger charge is -2.25. The Morgan fingerprint density at radius 2 is 1.77 bits per heavy atom. The first-order chi connectivity index (χ1) is 10.2. The van der Waals surface area contributed by atoms with Gasteiger partial charge in [-0.25, -0.2) is 4.79 Å². The molecule has 0 radical (unpaired) electrons. The molecule has 0 saturated carbocycles. The van der Waals surface area contributed by atoms with Crippen molar-refractivity contribution in [2.24, 2.45) is 0 Å². The van der Waals surface area contributed by atoms with Crippen LogP contribution in [0.15, 0.2) is 30.3 Å². The molecule has 0 spiro atoms. The maximum Gasteiger partial charge on any atom is 0.408 e. The third-order valence-electron chi connectivity index (χ3n) is 2.99. The first-order valence-electron chi connectivity index (χ1n) is 7.43. The molecule has 0 fully saturated rings. The van der Waals surface area contributed by atoms with Crippen molar-refractivity contribution in [2.75, 3.05) is 14.1 Å². The van der Waals surface area contributed by atoms with Gasteiger partial charge in [-0.15, -0.1) is 0 Å². The molecular weight excluding hydrogens is 280 g/mol. The Hall–Kier alpha value is -2.04. The van der Waals surface area contributed by atoms with Crippen LogP contribution in [0, 0.1) is 0 Å². The third kappa shape index (κ3) is 6.61. The van der Waals surface area contributed by atoms with Gasteiger partial charge in [0.1, 0.15) is 11.6 Å². The second-order valence-electron chi connectivity index (χ2n) is 6.46. The van der Waals surface area contributed by atoms with E-state index in [1.54, 1.807) is 34.9 Å². The first kappa shape index (κ1) is 18.0. The molecule has 0 saturated heterocycles. The zero-order valence-corrected chi connectivity index (χ0v) is 14.1. The van der Waals surface area contributed by atoms with Crippen LogP contribution in [-0.4, -0.2) is 42.6 Å². The monoisotopic (exact) mass is 306 g/mol. The molecule has 0 aromatic heterocycles. The molecule has 0 bridgehead atoms. The van der Waals surface area contributed by atoms with Crippen molar-refractivity contribution < 1.29 is 14.3 Å². The largest absolute Gasteiger partial charge is 0.444 e. The summed E-state index contributed by atoms with van der Waals surface area (Å²) < 4.78 is 5.23. The Morgan fingerprint density at radius 1 is 1.18 bits per heavy atom. The van der Waals surface area contributed by atoms with Crippen LogP contribution in [-0.2, 0) is 16.0 Å². The van der Waals surface area contributed by atoms with E-state index in [1.165, 1.54) is 4.90 Å². The number of nitrogens with zero attached hydrogens (tertiary/aromatic N) is 1. The number of nitrogens with one attached hydrogen (secondary N) is 1. The van der Waals surface area contributed by atoms with Gasteiger partial charge in [0.2, 0.25) is 5.91 Å². The molecule has 5 nitrogen and oxygen atoms in total. The molecule has 0 aliphatic rings. The highest BCUT2D eigenvalue weighted by Gasteiger charge is 2.25. The van der Waals surface area contributed by atoms with E-state index in [0.29, 0.717) is 12.8 Å². The Labute approximate surface area is 132 Å². The second kappa shape index (κ2) is 7.82. The highest BCUT2D eigenvalue weighted by atomic mass is 16.6. The summed E-state index contributed by atoms with van der Waals surface area (Å²) >= 11 is 0. The van der Waals surface area contributed by atoms with Gasteiger partial charge in [0.05, 0.1) is 0 Å². The Morgan fingerprint density at radius 3 is 2.27 bits per heavy atom. The second-order valence-corrected chi connectivity index (χ2v) is 6.46. The lowest BCUT2D eigenvalue weighted by atomic mass is 10.0. The summed E-state index contributed by atoms with van der Waals surface area (Å²) in [6.45, 7) is 5.37. The number of aryl methyl sites for hydroxylation is 1. The molecule has 1 rings (SSSR count). The van der Waals surface area contributed by atoms with E-state index in [-0.39, 0.29) is 5.91 Å². The van der Waals surface area contributed by atoms with Gasteiger partial charge in [0.25, 0.3) is 0 Å². The highest BCUT2D eigenvalue weighted by Crippen LogP contribution is 2.10. The van der Waals surface area contributed by atoms with Crippen molar-refractivity contribution in [3.63, 3.8) is 0 Å². The standard InChI is InChI=1S/C17H26N2O3/c1-17(2,3)22-16(21)18-14(15(20)19(4)5)12-11-13-9-7-6-8-10-13/h6-10,14H,11-12H2,1-5H3,(H,18,21). The molecule has 0 heterocycles. The average molecular weight is 306 g/mol. The molecule has 122 valence electrons. The number of hydrogen-bond acceptors (Lipinski definition) is 3. The topological polar surface area (TPSA) is 58.6 Å². The third-order valence-corrected chi connectivity index (χ3v) is 2.99. The summed E-state index contributed by atoms with van der Waals surface area (Å²) in [5, 5.41) is 2.67. The minimum atomic E-state index is -0.593. The van der Waals surface area contributed by atoms with Crippen LogP contribution in [0.1, 0.15) is 32.8 Å². The van der Waals surface area contributed by atoms with E-state index in [4.69, 9.17) is 4.74 Å². The lowest BCUT2D eigenvalue weighted by molar-refractivity contribution is -0.131. The number of carbonyl (C=O) groups is 2. The van der Waals surface area contributed by atoms with Crippen molar-refractivity contribution in [3.8, 4) is 0 Å².